The van der Waals surface area contributed by atoms with Gasteiger partial charge in [-0.3, -0.25) is 14.5 Å². The Morgan fingerprint density at radius 3 is 2.29 bits per heavy atom. The van der Waals surface area contributed by atoms with Gasteiger partial charge in [-0.1, -0.05) is 29.8 Å². The second kappa shape index (κ2) is 8.87. The summed E-state index contributed by atoms with van der Waals surface area (Å²) in [6.45, 7) is 0.350. The third-order valence-electron chi connectivity index (χ3n) is 4.47. The van der Waals surface area contributed by atoms with Gasteiger partial charge in [0.15, 0.2) is 5.78 Å². The summed E-state index contributed by atoms with van der Waals surface area (Å²) in [6, 6.07) is 17.0. The van der Waals surface area contributed by atoms with Gasteiger partial charge in [0.1, 0.15) is 5.76 Å². The molecule has 0 radical (unpaired) electrons. The molecule has 0 aliphatic rings. The van der Waals surface area contributed by atoms with Gasteiger partial charge in [-0.15, -0.1) is 0 Å². The van der Waals surface area contributed by atoms with Crippen molar-refractivity contribution < 1.29 is 14.0 Å². The molecule has 0 saturated carbocycles. The van der Waals surface area contributed by atoms with Crippen molar-refractivity contribution in [3.05, 3.63) is 94.4 Å². The first kappa shape index (κ1) is 19.9. The van der Waals surface area contributed by atoms with Crippen molar-refractivity contribution in [2.24, 2.45) is 0 Å². The maximum atomic E-state index is 12.9. The number of amides is 1. The summed E-state index contributed by atoms with van der Waals surface area (Å²) in [5.74, 6) is 0.227. The van der Waals surface area contributed by atoms with Gasteiger partial charge in [0, 0.05) is 22.7 Å². The zero-order valence-corrected chi connectivity index (χ0v) is 16.4. The number of ketones is 1. The molecule has 1 atom stereocenters. The number of carbonyl (C=O) groups excluding carboxylic acids is 2. The Balaban J connectivity index is 1.79. The Bertz CT molecular complexity index is 950. The number of hydrogen-bond acceptors (Lipinski definition) is 4. The lowest BCUT2D eigenvalue weighted by Crippen LogP contribution is -2.35. The molecule has 1 aromatic heterocycles. The summed E-state index contributed by atoms with van der Waals surface area (Å²) < 4.78 is 5.47. The first-order valence-corrected chi connectivity index (χ1v) is 9.22. The van der Waals surface area contributed by atoms with E-state index in [-0.39, 0.29) is 17.7 Å². The minimum Gasteiger partial charge on any atom is -0.468 e. The Labute approximate surface area is 168 Å². The topological polar surface area (TPSA) is 62.6 Å². The molecule has 0 aliphatic carbocycles. The van der Waals surface area contributed by atoms with Crippen LogP contribution in [0.4, 0.5) is 0 Å². The number of halogens is 1. The molecule has 5 nitrogen and oxygen atoms in total. The molecule has 6 heteroatoms. The van der Waals surface area contributed by atoms with Crippen molar-refractivity contribution in [2.75, 3.05) is 20.6 Å². The molecule has 1 unspecified atom stereocenters. The van der Waals surface area contributed by atoms with E-state index < -0.39 is 0 Å². The van der Waals surface area contributed by atoms with Crippen molar-refractivity contribution in [3.63, 3.8) is 0 Å². The Morgan fingerprint density at radius 2 is 1.68 bits per heavy atom. The fourth-order valence-corrected chi connectivity index (χ4v) is 3.06. The molecule has 1 heterocycles. The molecule has 1 amide bonds. The highest BCUT2D eigenvalue weighted by molar-refractivity contribution is 6.30. The van der Waals surface area contributed by atoms with Crippen LogP contribution in [0.15, 0.2) is 71.3 Å². The van der Waals surface area contributed by atoms with Crippen LogP contribution in [0.2, 0.25) is 5.02 Å². The molecule has 3 aromatic rings. The average molecular weight is 397 g/mol. The molecule has 28 heavy (non-hydrogen) atoms. The first-order valence-electron chi connectivity index (χ1n) is 8.84. The van der Waals surface area contributed by atoms with Crippen LogP contribution in [-0.2, 0) is 0 Å². The Kier molecular flexibility index (Phi) is 6.29. The number of nitrogens with zero attached hydrogens (tertiary/aromatic N) is 1. The van der Waals surface area contributed by atoms with Gasteiger partial charge in [-0.2, -0.15) is 0 Å². The molecule has 0 spiro atoms. The molecule has 2 aromatic carbocycles. The van der Waals surface area contributed by atoms with E-state index in [1.165, 1.54) is 0 Å². The number of benzene rings is 2. The molecule has 0 bridgehead atoms. The minimum absolute atomic E-state index is 0.113. The van der Waals surface area contributed by atoms with Gasteiger partial charge >= 0.3 is 0 Å². The van der Waals surface area contributed by atoms with E-state index in [0.717, 1.165) is 5.76 Å². The third kappa shape index (κ3) is 4.50. The van der Waals surface area contributed by atoms with E-state index in [0.29, 0.717) is 28.3 Å². The van der Waals surface area contributed by atoms with Gasteiger partial charge < -0.3 is 9.73 Å². The normalized spacial score (nSPS) is 12.0. The van der Waals surface area contributed by atoms with Crippen LogP contribution in [0.25, 0.3) is 0 Å². The summed E-state index contributed by atoms with van der Waals surface area (Å²) in [5, 5.41) is 3.46. The maximum absolute atomic E-state index is 12.9. The predicted octanol–water partition coefficient (Wildman–Crippen LogP) is 4.20. The van der Waals surface area contributed by atoms with Crippen molar-refractivity contribution in [1.29, 1.82) is 0 Å². The molecule has 144 valence electrons. The lowest BCUT2D eigenvalue weighted by Gasteiger charge is -2.22. The van der Waals surface area contributed by atoms with Crippen molar-refractivity contribution in [2.45, 2.75) is 6.04 Å². The fourth-order valence-electron chi connectivity index (χ4n) is 2.94. The van der Waals surface area contributed by atoms with Gasteiger partial charge in [0.2, 0.25) is 0 Å². The van der Waals surface area contributed by atoms with Crippen LogP contribution in [0.1, 0.15) is 38.1 Å². The second-order valence-corrected chi connectivity index (χ2v) is 7.02. The fraction of sp³-hybridized carbons (Fsp3) is 0.182. The number of rotatable bonds is 7. The molecule has 0 aliphatic heterocycles. The van der Waals surface area contributed by atoms with Crippen LogP contribution in [0, 0.1) is 0 Å². The molecular formula is C22H21ClN2O3. The number of nitrogens with one attached hydrogen (secondary N) is 1. The van der Waals surface area contributed by atoms with E-state index in [9.17, 15) is 9.59 Å². The van der Waals surface area contributed by atoms with Gasteiger partial charge in [0.05, 0.1) is 17.9 Å². The maximum Gasteiger partial charge on any atom is 0.252 e. The van der Waals surface area contributed by atoms with Gasteiger partial charge in [0.25, 0.3) is 5.91 Å². The van der Waals surface area contributed by atoms with Crippen LogP contribution < -0.4 is 5.32 Å². The predicted molar refractivity (Wildman–Crippen MR) is 109 cm³/mol. The van der Waals surface area contributed by atoms with Crippen molar-refractivity contribution in [3.8, 4) is 0 Å². The highest BCUT2D eigenvalue weighted by Crippen LogP contribution is 2.19. The van der Waals surface area contributed by atoms with Crippen molar-refractivity contribution >= 4 is 23.3 Å². The monoisotopic (exact) mass is 396 g/mol. The Morgan fingerprint density at radius 1 is 1.00 bits per heavy atom. The zero-order chi connectivity index (χ0) is 20.1. The van der Waals surface area contributed by atoms with Crippen molar-refractivity contribution in [1.82, 2.24) is 10.2 Å². The molecule has 1 N–H and O–H groups in total. The highest BCUT2D eigenvalue weighted by Gasteiger charge is 2.21. The zero-order valence-electron chi connectivity index (χ0n) is 15.7. The van der Waals surface area contributed by atoms with Gasteiger partial charge in [-0.25, -0.2) is 0 Å². The van der Waals surface area contributed by atoms with E-state index >= 15 is 0 Å². The van der Waals surface area contributed by atoms with Crippen LogP contribution in [0.5, 0.6) is 0 Å². The molecule has 0 saturated heterocycles. The van der Waals surface area contributed by atoms with Crippen LogP contribution >= 0.6 is 11.6 Å². The van der Waals surface area contributed by atoms with Gasteiger partial charge in [-0.05, 0) is 56.6 Å². The number of likely N-dealkylation sites (N-methyl/N-ethyl adjacent to an activating group) is 1. The number of hydrogen-bond donors (Lipinski definition) is 1. The average Bonchev–Trinajstić information content (AvgIpc) is 3.22. The quantitative estimate of drug-likeness (QED) is 0.608. The highest BCUT2D eigenvalue weighted by atomic mass is 35.5. The molecule has 3 rings (SSSR count). The second-order valence-electron chi connectivity index (χ2n) is 6.59. The summed E-state index contributed by atoms with van der Waals surface area (Å²) in [7, 11) is 3.83. The van der Waals surface area contributed by atoms with E-state index in [1.807, 2.05) is 31.1 Å². The largest absolute Gasteiger partial charge is 0.468 e. The minimum atomic E-state index is -0.309. The van der Waals surface area contributed by atoms with E-state index in [4.69, 9.17) is 16.0 Å². The molecule has 0 fully saturated rings. The molecular weight excluding hydrogens is 376 g/mol. The lowest BCUT2D eigenvalue weighted by atomic mass is 9.98. The standard InChI is InChI=1S/C22H21ClN2O3/c1-25(2)19(20-8-5-13-28-20)14-24-22(27)18-7-4-3-6-17(18)21(26)15-9-11-16(23)12-10-15/h3-13,19H,14H2,1-2H3,(H,24,27). The van der Waals surface area contributed by atoms with Crippen LogP contribution in [0.3, 0.4) is 0 Å². The number of carbonyl (C=O) groups is 2. The Hall–Kier alpha value is -2.89. The lowest BCUT2D eigenvalue weighted by molar-refractivity contribution is 0.0929. The summed E-state index contributed by atoms with van der Waals surface area (Å²) in [4.78, 5) is 27.7. The van der Waals surface area contributed by atoms with E-state index in [2.05, 4.69) is 5.32 Å². The summed E-state index contributed by atoms with van der Waals surface area (Å²) in [6.07, 6.45) is 1.60. The summed E-state index contributed by atoms with van der Waals surface area (Å²) >= 11 is 5.90. The van der Waals surface area contributed by atoms with Crippen LogP contribution in [-0.4, -0.2) is 37.2 Å². The summed E-state index contributed by atoms with van der Waals surface area (Å²) in [5.41, 5.74) is 1.16. The third-order valence-corrected chi connectivity index (χ3v) is 4.73. The number of furan rings is 1. The van der Waals surface area contributed by atoms with E-state index in [1.54, 1.807) is 54.8 Å². The first-order chi connectivity index (χ1) is 13.5. The smallest absolute Gasteiger partial charge is 0.252 e. The SMILES string of the molecule is CN(C)C(CNC(=O)c1ccccc1C(=O)c1ccc(Cl)cc1)c1ccco1.